The normalized spacial score (nSPS) is 11.4. The molecule has 222 valence electrons. The van der Waals surface area contributed by atoms with Crippen LogP contribution < -0.4 is 0 Å². The molecule has 0 saturated heterocycles. The molecule has 2 N–H and O–H groups in total. The van der Waals surface area contributed by atoms with Crippen LogP contribution in [0.5, 0.6) is 0 Å². The fourth-order valence-corrected chi connectivity index (χ4v) is 4.43. The number of carbonyl (C=O) groups excluding carboxylic acids is 1. The molecule has 2 heterocycles. The molecule has 14 heteroatoms. The molecule has 2 aromatic carbocycles. The van der Waals surface area contributed by atoms with E-state index in [2.05, 4.69) is 30.4 Å². The lowest BCUT2D eigenvalue weighted by atomic mass is 9.98. The van der Waals surface area contributed by atoms with E-state index in [9.17, 15) is 20.0 Å². The van der Waals surface area contributed by atoms with E-state index in [0.29, 0.717) is 24.6 Å². The number of aliphatic hydroxyl groups is 1. The third-order valence-corrected chi connectivity index (χ3v) is 6.30. The number of hydrogen-bond acceptors (Lipinski definition) is 11. The fourth-order valence-electron chi connectivity index (χ4n) is 4.43. The summed E-state index contributed by atoms with van der Waals surface area (Å²) in [5.74, 6) is 0.494. The minimum Gasteiger partial charge on any atom is -0.459 e. The van der Waals surface area contributed by atoms with Crippen LogP contribution in [0.4, 0.5) is 0 Å². The Balaban J connectivity index is 1.56. The van der Waals surface area contributed by atoms with Crippen molar-refractivity contribution < 1.29 is 29.3 Å². The zero-order valence-corrected chi connectivity index (χ0v) is 23.6. The van der Waals surface area contributed by atoms with E-state index in [0.717, 1.165) is 28.7 Å². The van der Waals surface area contributed by atoms with Crippen molar-refractivity contribution >= 4 is 5.97 Å². The van der Waals surface area contributed by atoms with E-state index in [1.807, 2.05) is 55.5 Å². The van der Waals surface area contributed by atoms with Crippen LogP contribution in [-0.4, -0.2) is 72.8 Å². The minimum atomic E-state index is -1.40. The lowest BCUT2D eigenvalue weighted by molar-refractivity contribution is -0.758. The molecule has 0 radical (unpaired) electrons. The number of rotatable bonds is 15. The van der Waals surface area contributed by atoms with E-state index in [1.54, 1.807) is 18.4 Å². The van der Waals surface area contributed by atoms with Crippen molar-refractivity contribution in [2.45, 2.75) is 45.8 Å². The van der Waals surface area contributed by atoms with Crippen LogP contribution in [0.3, 0.4) is 0 Å². The second-order valence-corrected chi connectivity index (χ2v) is 9.90. The number of esters is 1. The molecule has 0 unspecified atom stereocenters. The summed E-state index contributed by atoms with van der Waals surface area (Å²) in [5, 5.41) is 34.6. The van der Waals surface area contributed by atoms with E-state index in [4.69, 9.17) is 9.47 Å². The largest absolute Gasteiger partial charge is 0.459 e. The Bertz CT molecular complexity index is 1480. The highest BCUT2D eigenvalue weighted by Gasteiger charge is 2.32. The summed E-state index contributed by atoms with van der Waals surface area (Å²) in [6, 6.07) is 15.7. The van der Waals surface area contributed by atoms with Gasteiger partial charge >= 0.3 is 5.97 Å². The van der Waals surface area contributed by atoms with Crippen LogP contribution in [0.15, 0.2) is 48.5 Å². The highest BCUT2D eigenvalue weighted by Crippen LogP contribution is 2.31. The van der Waals surface area contributed by atoms with E-state index < -0.39 is 16.7 Å². The summed E-state index contributed by atoms with van der Waals surface area (Å²) in [4.78, 5) is 32.4. The van der Waals surface area contributed by atoms with E-state index >= 15 is 0 Å². The first-order valence-electron chi connectivity index (χ1n) is 13.5. The molecule has 0 spiro atoms. The van der Waals surface area contributed by atoms with Crippen LogP contribution in [0, 0.1) is 10.1 Å². The van der Waals surface area contributed by atoms with Crippen LogP contribution in [0.1, 0.15) is 54.8 Å². The zero-order valence-electron chi connectivity index (χ0n) is 23.6. The van der Waals surface area contributed by atoms with Crippen LogP contribution in [0.2, 0.25) is 0 Å². The monoisotopic (exact) mass is 579 g/mol. The van der Waals surface area contributed by atoms with Gasteiger partial charge in [-0.05, 0) is 42.2 Å². The number of ether oxygens (including phenoxy) is 2. The van der Waals surface area contributed by atoms with E-state index in [1.165, 1.54) is 0 Å². The summed E-state index contributed by atoms with van der Waals surface area (Å²) < 4.78 is 12.5. The molecule has 4 aromatic rings. The van der Waals surface area contributed by atoms with Gasteiger partial charge in [-0.25, -0.2) is 9.78 Å². The lowest BCUT2D eigenvalue weighted by Crippen LogP contribution is -2.24. The number of nitrogens with zero attached hydrogens (tertiary/aromatic N) is 6. The number of benzene rings is 2. The van der Waals surface area contributed by atoms with Gasteiger partial charge in [-0.3, -0.25) is 0 Å². The molecular weight excluding hydrogens is 546 g/mol. The summed E-state index contributed by atoms with van der Waals surface area (Å²) in [6.07, 6.45) is 1.37. The van der Waals surface area contributed by atoms with Gasteiger partial charge in [0.05, 0.1) is 13.2 Å². The minimum absolute atomic E-state index is 0.0212. The quantitative estimate of drug-likeness (QED) is 0.0912. The first-order valence-corrected chi connectivity index (χ1v) is 13.5. The van der Waals surface area contributed by atoms with Gasteiger partial charge in [-0.1, -0.05) is 55.5 Å². The van der Waals surface area contributed by atoms with Crippen molar-refractivity contribution in [3.05, 3.63) is 81.4 Å². The first-order chi connectivity index (χ1) is 20.2. The molecule has 4 rings (SSSR count). The Labute approximate surface area is 241 Å². The first kappa shape index (κ1) is 30.3. The predicted octanol–water partition coefficient (Wildman–Crippen LogP) is 3.34. The van der Waals surface area contributed by atoms with Gasteiger partial charge in [0.2, 0.25) is 5.82 Å². The number of aryl methyl sites for hydroxylation is 1. The predicted molar refractivity (Wildman–Crippen MR) is 150 cm³/mol. The maximum atomic E-state index is 13.3. The van der Waals surface area contributed by atoms with Gasteiger partial charge in [0.25, 0.3) is 5.09 Å². The topological polar surface area (TPSA) is 180 Å². The van der Waals surface area contributed by atoms with Crippen LogP contribution in [-0.2, 0) is 32.9 Å². The lowest BCUT2D eigenvalue weighted by Gasteiger charge is -2.18. The Morgan fingerprint density at radius 3 is 2.43 bits per heavy atom. The molecule has 0 bridgehead atoms. The van der Waals surface area contributed by atoms with Gasteiger partial charge < -0.3 is 24.0 Å². The highest BCUT2D eigenvalue weighted by molar-refractivity contribution is 5.89. The highest BCUT2D eigenvalue weighted by atomic mass is 17.0. The average Bonchev–Trinajstić information content (AvgIpc) is 3.62. The number of tetrazole rings is 1. The Morgan fingerprint density at radius 2 is 1.79 bits per heavy atom. The smallest absolute Gasteiger partial charge is 0.357 e. The number of nitrogens with one attached hydrogen (secondary N) is 1. The average molecular weight is 580 g/mol. The van der Waals surface area contributed by atoms with E-state index in [-0.39, 0.29) is 37.8 Å². The van der Waals surface area contributed by atoms with Crippen LogP contribution >= 0.6 is 0 Å². The second kappa shape index (κ2) is 13.8. The number of aromatic nitrogens is 6. The molecule has 0 aliphatic heterocycles. The zero-order chi connectivity index (χ0) is 30.1. The maximum absolute atomic E-state index is 13.3. The molecule has 0 amide bonds. The molecule has 14 nitrogen and oxygen atoms in total. The Kier molecular flexibility index (Phi) is 9.93. The molecule has 0 atom stereocenters. The summed E-state index contributed by atoms with van der Waals surface area (Å²) in [6.45, 7) is 5.15. The van der Waals surface area contributed by atoms with Gasteiger partial charge in [0, 0.05) is 18.5 Å². The molecule has 0 fully saturated rings. The van der Waals surface area contributed by atoms with Crippen molar-refractivity contribution in [2.24, 2.45) is 0 Å². The Hall–Kier alpha value is -4.69. The number of imidazole rings is 1. The number of carbonyl (C=O) groups is 1. The summed E-state index contributed by atoms with van der Waals surface area (Å²) in [5.41, 5.74) is 2.64. The summed E-state index contributed by atoms with van der Waals surface area (Å²) in [7, 11) is 0. The molecule has 0 aliphatic rings. The third-order valence-electron chi connectivity index (χ3n) is 6.30. The van der Waals surface area contributed by atoms with Gasteiger partial charge in [0.15, 0.2) is 5.69 Å². The molecule has 0 aliphatic carbocycles. The second-order valence-electron chi connectivity index (χ2n) is 9.90. The van der Waals surface area contributed by atoms with Crippen LogP contribution in [0.25, 0.3) is 22.5 Å². The van der Waals surface area contributed by atoms with Crippen molar-refractivity contribution in [3.63, 3.8) is 0 Å². The standard InChI is InChI=1S/C28H33N7O7/c1-4-7-23-29-25(28(2,3)37)24(27(36)41-16-14-40-15-17-42-35(38)39)34(23)18-19-10-12-20(13-11-19)21-8-5-6-9-22(21)26-30-32-33-31-26/h5-6,8-13,37H,4,7,14-18H2,1-3H3,(H,30,31,32,33). The summed E-state index contributed by atoms with van der Waals surface area (Å²) >= 11 is 0. The fraction of sp³-hybridized carbons (Fsp3) is 0.393. The Morgan fingerprint density at radius 1 is 1.07 bits per heavy atom. The van der Waals surface area contributed by atoms with Gasteiger partial charge in [0.1, 0.15) is 30.3 Å². The van der Waals surface area contributed by atoms with Crippen molar-refractivity contribution in [3.8, 4) is 22.5 Å². The molecule has 42 heavy (non-hydrogen) atoms. The van der Waals surface area contributed by atoms with Crippen molar-refractivity contribution in [1.29, 1.82) is 0 Å². The van der Waals surface area contributed by atoms with Gasteiger partial charge in [-0.15, -0.1) is 20.3 Å². The maximum Gasteiger partial charge on any atom is 0.357 e. The SMILES string of the molecule is CCCc1nc(C(C)(C)O)c(C(=O)OCCOCCO[N+](=O)[O-])n1Cc1ccc(-c2ccccc2-c2nn[nH]n2)cc1. The number of aromatic amines is 1. The molecule has 2 aromatic heterocycles. The third kappa shape index (κ3) is 7.53. The number of H-pyrrole nitrogens is 1. The van der Waals surface area contributed by atoms with Crippen molar-refractivity contribution in [2.75, 3.05) is 26.4 Å². The number of hydrogen-bond donors (Lipinski definition) is 2. The molecule has 0 saturated carbocycles. The molecular formula is C28H33N7O7. The van der Waals surface area contributed by atoms with Gasteiger partial charge in [-0.2, -0.15) is 5.21 Å². The van der Waals surface area contributed by atoms with Crippen molar-refractivity contribution in [1.82, 2.24) is 30.2 Å².